The Bertz CT molecular complexity index is 861. The summed E-state index contributed by atoms with van der Waals surface area (Å²) in [6.07, 6.45) is 3.29. The summed E-state index contributed by atoms with van der Waals surface area (Å²) in [6, 6.07) is 2.07. The summed E-state index contributed by atoms with van der Waals surface area (Å²) in [5, 5.41) is 0.981. The highest BCUT2D eigenvalue weighted by atomic mass is 16.2. The third kappa shape index (κ3) is 3.60. The smallest absolute Gasteiger partial charge is 0.291 e. The van der Waals surface area contributed by atoms with Gasteiger partial charge in [0.25, 0.3) is 5.91 Å². The van der Waals surface area contributed by atoms with Crippen LogP contribution in [0.2, 0.25) is 0 Å². The Morgan fingerprint density at radius 2 is 1.70 bits per heavy atom. The van der Waals surface area contributed by atoms with E-state index in [0.29, 0.717) is 5.65 Å². The molecule has 0 bridgehead atoms. The number of rotatable bonds is 2. The molecule has 2 aliphatic rings. The van der Waals surface area contributed by atoms with Crippen LogP contribution in [-0.2, 0) is 0 Å². The fraction of sp³-hybridized carbons (Fsp3) is 0.600. The van der Waals surface area contributed by atoms with E-state index in [9.17, 15) is 4.79 Å². The van der Waals surface area contributed by atoms with Crippen molar-refractivity contribution in [3.05, 3.63) is 23.1 Å². The minimum Gasteiger partial charge on any atom is -0.356 e. The molecule has 0 N–H and O–H groups in total. The minimum absolute atomic E-state index is 0.0754. The molecular weight excluding hydrogens is 340 g/mol. The lowest BCUT2D eigenvalue weighted by atomic mass is 10.1. The van der Waals surface area contributed by atoms with Gasteiger partial charge < -0.3 is 14.7 Å². The number of nitrogens with zero attached hydrogens (tertiary/aromatic N) is 6. The largest absolute Gasteiger partial charge is 0.356 e. The molecule has 4 rings (SSSR count). The van der Waals surface area contributed by atoms with Crippen LogP contribution < -0.4 is 4.90 Å². The zero-order valence-corrected chi connectivity index (χ0v) is 16.5. The first kappa shape index (κ1) is 18.1. The molecule has 2 aliphatic heterocycles. The summed E-state index contributed by atoms with van der Waals surface area (Å²) in [4.78, 5) is 33.6. The molecule has 0 aromatic carbocycles. The molecule has 0 atom stereocenters. The van der Waals surface area contributed by atoms with Crippen molar-refractivity contribution in [1.82, 2.24) is 24.8 Å². The first-order valence-electron chi connectivity index (χ1n) is 9.91. The molecule has 0 spiro atoms. The molecule has 0 unspecified atom stereocenters. The lowest BCUT2D eigenvalue weighted by molar-refractivity contribution is 0.0751. The molecule has 2 aromatic heterocycles. The highest BCUT2D eigenvalue weighted by molar-refractivity contribution is 5.97. The molecule has 0 aliphatic carbocycles. The average molecular weight is 368 g/mol. The van der Waals surface area contributed by atoms with Crippen molar-refractivity contribution in [2.45, 2.75) is 33.1 Å². The Balaban J connectivity index is 1.77. The number of fused-ring (bicyclic) bond motifs is 1. The minimum atomic E-state index is -0.0754. The second-order valence-electron chi connectivity index (χ2n) is 7.79. The molecule has 7 nitrogen and oxygen atoms in total. The first-order chi connectivity index (χ1) is 13.0. The van der Waals surface area contributed by atoms with Crippen LogP contribution >= 0.6 is 0 Å². The predicted octanol–water partition coefficient (Wildman–Crippen LogP) is 2.02. The van der Waals surface area contributed by atoms with E-state index in [4.69, 9.17) is 4.98 Å². The maximum absolute atomic E-state index is 13.2. The molecule has 144 valence electrons. The van der Waals surface area contributed by atoms with Gasteiger partial charge >= 0.3 is 0 Å². The summed E-state index contributed by atoms with van der Waals surface area (Å²) >= 11 is 0. The summed E-state index contributed by atoms with van der Waals surface area (Å²) in [7, 11) is 2.10. The second kappa shape index (κ2) is 7.38. The SMILES string of the molecule is Cc1cc(C)c2c(N3CCCC3)nc(C(=O)N3CCCN(C)CC3)nc2n1. The highest BCUT2D eigenvalue weighted by Crippen LogP contribution is 2.29. The molecular formula is C20H28N6O. The fourth-order valence-corrected chi connectivity index (χ4v) is 4.10. The number of likely N-dealkylation sites (N-methyl/N-ethyl adjacent to an activating group) is 1. The number of aromatic nitrogens is 3. The van der Waals surface area contributed by atoms with Gasteiger partial charge in [0.1, 0.15) is 5.82 Å². The summed E-state index contributed by atoms with van der Waals surface area (Å²) in [5.74, 6) is 1.08. The van der Waals surface area contributed by atoms with Crippen molar-refractivity contribution in [2.75, 3.05) is 51.2 Å². The Morgan fingerprint density at radius 3 is 2.48 bits per heavy atom. The van der Waals surface area contributed by atoms with Crippen LogP contribution in [0.5, 0.6) is 0 Å². The molecule has 2 fully saturated rings. The number of amides is 1. The van der Waals surface area contributed by atoms with Gasteiger partial charge in [0.05, 0.1) is 5.39 Å². The molecule has 0 radical (unpaired) electrons. The van der Waals surface area contributed by atoms with Crippen LogP contribution in [0.4, 0.5) is 5.82 Å². The lowest BCUT2D eigenvalue weighted by Crippen LogP contribution is -2.36. The maximum Gasteiger partial charge on any atom is 0.291 e. The highest BCUT2D eigenvalue weighted by Gasteiger charge is 2.26. The van der Waals surface area contributed by atoms with Crippen LogP contribution in [0, 0.1) is 13.8 Å². The fourth-order valence-electron chi connectivity index (χ4n) is 4.10. The Hall–Kier alpha value is -2.28. The molecule has 7 heteroatoms. The number of hydrogen-bond donors (Lipinski definition) is 0. The van der Waals surface area contributed by atoms with Crippen LogP contribution in [0.3, 0.4) is 0 Å². The Morgan fingerprint density at radius 1 is 0.926 bits per heavy atom. The van der Waals surface area contributed by atoms with Gasteiger partial charge in [-0.3, -0.25) is 4.79 Å². The van der Waals surface area contributed by atoms with Crippen molar-refractivity contribution in [3.8, 4) is 0 Å². The van der Waals surface area contributed by atoms with Crippen molar-refractivity contribution in [2.24, 2.45) is 0 Å². The predicted molar refractivity (Wildman–Crippen MR) is 106 cm³/mol. The number of carbonyl (C=O) groups is 1. The van der Waals surface area contributed by atoms with Gasteiger partial charge in [-0.2, -0.15) is 0 Å². The molecule has 1 amide bonds. The zero-order valence-electron chi connectivity index (χ0n) is 16.5. The van der Waals surface area contributed by atoms with E-state index < -0.39 is 0 Å². The van der Waals surface area contributed by atoms with Crippen molar-refractivity contribution >= 4 is 22.8 Å². The zero-order chi connectivity index (χ0) is 19.0. The molecule has 27 heavy (non-hydrogen) atoms. The van der Waals surface area contributed by atoms with Crippen molar-refractivity contribution in [1.29, 1.82) is 0 Å². The van der Waals surface area contributed by atoms with E-state index >= 15 is 0 Å². The Labute approximate surface area is 160 Å². The van der Waals surface area contributed by atoms with E-state index in [1.54, 1.807) is 0 Å². The van der Waals surface area contributed by atoms with E-state index in [1.165, 1.54) is 0 Å². The maximum atomic E-state index is 13.2. The lowest BCUT2D eigenvalue weighted by Gasteiger charge is -2.23. The summed E-state index contributed by atoms with van der Waals surface area (Å²) in [5.41, 5.74) is 2.68. The molecule has 0 saturated carbocycles. The van der Waals surface area contributed by atoms with Gasteiger partial charge in [0, 0.05) is 38.4 Å². The van der Waals surface area contributed by atoms with Gasteiger partial charge in [-0.15, -0.1) is 0 Å². The van der Waals surface area contributed by atoms with Crippen LogP contribution in [0.1, 0.15) is 41.1 Å². The normalized spacial score (nSPS) is 18.9. The Kier molecular flexibility index (Phi) is 4.95. The standard InChI is InChI=1S/C20H28N6O/c1-14-13-15(2)21-17-16(14)19(25-8-4-5-9-25)23-18(22-17)20(27)26-10-6-7-24(3)11-12-26/h13H,4-12H2,1-3H3. The van der Waals surface area contributed by atoms with Gasteiger partial charge in [0.2, 0.25) is 5.82 Å². The topological polar surface area (TPSA) is 65.5 Å². The van der Waals surface area contributed by atoms with Crippen LogP contribution in [0.15, 0.2) is 6.07 Å². The number of hydrogen-bond acceptors (Lipinski definition) is 6. The van der Waals surface area contributed by atoms with Crippen LogP contribution in [0.25, 0.3) is 11.0 Å². The molecule has 2 aromatic rings. The van der Waals surface area contributed by atoms with E-state index in [2.05, 4.69) is 39.8 Å². The number of carbonyl (C=O) groups excluding carboxylic acids is 1. The van der Waals surface area contributed by atoms with Gasteiger partial charge in [0.15, 0.2) is 5.65 Å². The van der Waals surface area contributed by atoms with E-state index in [-0.39, 0.29) is 11.7 Å². The molecule has 4 heterocycles. The van der Waals surface area contributed by atoms with E-state index in [1.807, 2.05) is 11.8 Å². The van der Waals surface area contributed by atoms with Gasteiger partial charge in [-0.25, -0.2) is 15.0 Å². The monoisotopic (exact) mass is 368 g/mol. The first-order valence-corrected chi connectivity index (χ1v) is 9.91. The van der Waals surface area contributed by atoms with Crippen molar-refractivity contribution in [3.63, 3.8) is 0 Å². The average Bonchev–Trinajstić information content (AvgIpc) is 3.08. The second-order valence-corrected chi connectivity index (χ2v) is 7.79. The van der Waals surface area contributed by atoms with Gasteiger partial charge in [-0.1, -0.05) is 0 Å². The summed E-state index contributed by atoms with van der Waals surface area (Å²) < 4.78 is 0. The third-order valence-corrected chi connectivity index (χ3v) is 5.58. The molecule has 2 saturated heterocycles. The third-order valence-electron chi connectivity index (χ3n) is 5.58. The van der Waals surface area contributed by atoms with Crippen LogP contribution in [-0.4, -0.2) is 77.0 Å². The number of anilines is 1. The van der Waals surface area contributed by atoms with E-state index in [0.717, 1.165) is 81.0 Å². The van der Waals surface area contributed by atoms with Crippen molar-refractivity contribution < 1.29 is 4.79 Å². The number of aryl methyl sites for hydroxylation is 2. The number of pyridine rings is 1. The summed E-state index contributed by atoms with van der Waals surface area (Å²) in [6.45, 7) is 9.36. The quantitative estimate of drug-likeness (QED) is 0.808. The van der Waals surface area contributed by atoms with Gasteiger partial charge in [-0.05, 0) is 58.3 Å².